The Morgan fingerprint density at radius 3 is 2.71 bits per heavy atom. The fourth-order valence-corrected chi connectivity index (χ4v) is 5.24. The second-order valence-electron chi connectivity index (χ2n) is 8.27. The standard InChI is InChI=1S/C23H30N2O2S/c1-24(17-19-5-3-2-4-6-19)21-7-13-27-23(16-21)9-11-25(12-10-23)22(26)15-20-8-14-28-18-20/h2-6,8,14,18,21H,7,9-13,15-17H2,1H3. The molecule has 2 aliphatic heterocycles. The topological polar surface area (TPSA) is 32.8 Å². The largest absolute Gasteiger partial charge is 0.375 e. The van der Waals surface area contributed by atoms with Crippen LogP contribution in [0.3, 0.4) is 0 Å². The minimum atomic E-state index is -0.0486. The Labute approximate surface area is 172 Å². The summed E-state index contributed by atoms with van der Waals surface area (Å²) in [6.07, 6.45) is 4.60. The fourth-order valence-electron chi connectivity index (χ4n) is 4.57. The van der Waals surface area contributed by atoms with Crippen LogP contribution in [-0.2, 0) is 22.5 Å². The molecule has 0 bridgehead atoms. The Balaban J connectivity index is 1.31. The maximum Gasteiger partial charge on any atom is 0.227 e. The van der Waals surface area contributed by atoms with E-state index in [-0.39, 0.29) is 11.5 Å². The van der Waals surface area contributed by atoms with Crippen molar-refractivity contribution >= 4 is 17.2 Å². The first-order valence-corrected chi connectivity index (χ1v) is 11.2. The van der Waals surface area contributed by atoms with E-state index >= 15 is 0 Å². The number of carbonyl (C=O) groups excluding carboxylic acids is 1. The Morgan fingerprint density at radius 2 is 2.00 bits per heavy atom. The van der Waals surface area contributed by atoms with Crippen LogP contribution in [0.5, 0.6) is 0 Å². The van der Waals surface area contributed by atoms with Crippen LogP contribution in [0.15, 0.2) is 47.2 Å². The van der Waals surface area contributed by atoms with E-state index in [1.165, 1.54) is 5.56 Å². The number of ether oxygens (including phenoxy) is 1. The molecule has 0 aliphatic carbocycles. The van der Waals surface area contributed by atoms with Crippen LogP contribution in [0, 0.1) is 0 Å². The van der Waals surface area contributed by atoms with Crippen molar-refractivity contribution in [2.75, 3.05) is 26.7 Å². The zero-order chi connectivity index (χ0) is 19.4. The van der Waals surface area contributed by atoms with Crippen LogP contribution in [-0.4, -0.2) is 54.1 Å². The van der Waals surface area contributed by atoms with Crippen molar-refractivity contribution in [2.24, 2.45) is 0 Å². The third-order valence-corrected chi connectivity index (χ3v) is 7.06. The van der Waals surface area contributed by atoms with Gasteiger partial charge in [-0.3, -0.25) is 9.69 Å². The Hall–Kier alpha value is -1.69. The van der Waals surface area contributed by atoms with Crippen molar-refractivity contribution in [3.8, 4) is 0 Å². The van der Waals surface area contributed by atoms with Gasteiger partial charge in [0.2, 0.25) is 5.91 Å². The number of likely N-dealkylation sites (tertiary alicyclic amines) is 1. The summed E-state index contributed by atoms with van der Waals surface area (Å²) in [5, 5.41) is 4.11. The van der Waals surface area contributed by atoms with Gasteiger partial charge in [-0.1, -0.05) is 30.3 Å². The highest BCUT2D eigenvalue weighted by molar-refractivity contribution is 7.08. The maximum absolute atomic E-state index is 12.6. The molecule has 28 heavy (non-hydrogen) atoms. The van der Waals surface area contributed by atoms with Gasteiger partial charge in [0.05, 0.1) is 12.0 Å². The molecule has 1 atom stereocenters. The molecule has 3 heterocycles. The number of hydrogen-bond donors (Lipinski definition) is 0. The molecule has 1 aromatic carbocycles. The third-order valence-electron chi connectivity index (χ3n) is 6.33. The summed E-state index contributed by atoms with van der Waals surface area (Å²) in [4.78, 5) is 17.1. The van der Waals surface area contributed by atoms with Gasteiger partial charge in [0.25, 0.3) is 0 Å². The molecule has 2 aliphatic rings. The van der Waals surface area contributed by atoms with E-state index in [1.807, 2.05) is 16.3 Å². The average Bonchev–Trinajstić information content (AvgIpc) is 3.22. The Morgan fingerprint density at radius 1 is 1.21 bits per heavy atom. The number of carbonyl (C=O) groups is 1. The van der Waals surface area contributed by atoms with Gasteiger partial charge in [-0.25, -0.2) is 0 Å². The van der Waals surface area contributed by atoms with Crippen LogP contribution in [0.1, 0.15) is 36.8 Å². The molecule has 5 heteroatoms. The number of piperidine rings is 1. The van der Waals surface area contributed by atoms with Gasteiger partial charge < -0.3 is 9.64 Å². The van der Waals surface area contributed by atoms with Crippen molar-refractivity contribution in [3.05, 3.63) is 58.3 Å². The molecular weight excluding hydrogens is 368 g/mol. The van der Waals surface area contributed by atoms with Gasteiger partial charge in [0.15, 0.2) is 0 Å². The number of nitrogens with zero attached hydrogens (tertiary/aromatic N) is 2. The summed E-state index contributed by atoms with van der Waals surface area (Å²) in [7, 11) is 2.23. The highest BCUT2D eigenvalue weighted by Crippen LogP contribution is 2.37. The highest BCUT2D eigenvalue weighted by atomic mass is 32.1. The van der Waals surface area contributed by atoms with Crippen LogP contribution >= 0.6 is 11.3 Å². The van der Waals surface area contributed by atoms with E-state index in [0.717, 1.165) is 57.5 Å². The van der Waals surface area contributed by atoms with Gasteiger partial charge in [0.1, 0.15) is 0 Å². The molecule has 2 saturated heterocycles. The van der Waals surface area contributed by atoms with Crippen LogP contribution in [0.2, 0.25) is 0 Å². The van der Waals surface area contributed by atoms with E-state index in [2.05, 4.69) is 47.7 Å². The van der Waals surface area contributed by atoms with Gasteiger partial charge >= 0.3 is 0 Å². The molecule has 0 saturated carbocycles. The molecular formula is C23H30N2O2S. The summed E-state index contributed by atoms with van der Waals surface area (Å²) in [6.45, 7) is 3.44. The molecule has 4 rings (SSSR count). The van der Waals surface area contributed by atoms with Crippen LogP contribution in [0.4, 0.5) is 0 Å². The molecule has 1 aromatic heterocycles. The zero-order valence-corrected chi connectivity index (χ0v) is 17.5. The van der Waals surface area contributed by atoms with Crippen molar-refractivity contribution < 1.29 is 9.53 Å². The molecule has 0 N–H and O–H groups in total. The lowest BCUT2D eigenvalue weighted by Crippen LogP contribution is -2.54. The van der Waals surface area contributed by atoms with E-state index < -0.39 is 0 Å². The first kappa shape index (κ1) is 19.6. The van der Waals surface area contributed by atoms with E-state index in [0.29, 0.717) is 12.5 Å². The van der Waals surface area contributed by atoms with Crippen LogP contribution in [0.25, 0.3) is 0 Å². The van der Waals surface area contributed by atoms with E-state index in [4.69, 9.17) is 4.74 Å². The molecule has 2 fully saturated rings. The summed E-state index contributed by atoms with van der Waals surface area (Å²) in [6, 6.07) is 13.3. The lowest BCUT2D eigenvalue weighted by molar-refractivity contribution is -0.148. The van der Waals surface area contributed by atoms with E-state index in [9.17, 15) is 4.79 Å². The molecule has 1 unspecified atom stereocenters. The number of amides is 1. The summed E-state index contributed by atoms with van der Waals surface area (Å²) in [5.41, 5.74) is 2.44. The van der Waals surface area contributed by atoms with Crippen LogP contribution < -0.4 is 0 Å². The minimum absolute atomic E-state index is 0.0486. The SMILES string of the molecule is CN(Cc1ccccc1)C1CCOC2(CCN(C(=O)Cc3ccsc3)CC2)C1. The van der Waals surface area contributed by atoms with Crippen molar-refractivity contribution in [1.29, 1.82) is 0 Å². The van der Waals surface area contributed by atoms with Crippen molar-refractivity contribution in [1.82, 2.24) is 9.80 Å². The molecule has 1 spiro atoms. The Bertz CT molecular complexity index is 754. The average molecular weight is 399 g/mol. The first-order valence-electron chi connectivity index (χ1n) is 10.3. The van der Waals surface area contributed by atoms with Gasteiger partial charge in [0, 0.05) is 32.3 Å². The predicted molar refractivity (Wildman–Crippen MR) is 113 cm³/mol. The number of hydrogen-bond acceptors (Lipinski definition) is 4. The summed E-state index contributed by atoms with van der Waals surface area (Å²) in [5.74, 6) is 0.252. The second-order valence-corrected chi connectivity index (χ2v) is 9.05. The Kier molecular flexibility index (Phi) is 6.14. The number of benzene rings is 1. The summed E-state index contributed by atoms with van der Waals surface area (Å²) >= 11 is 1.65. The second kappa shape index (κ2) is 8.76. The number of thiophene rings is 1. The lowest BCUT2D eigenvalue weighted by Gasteiger charge is -2.48. The maximum atomic E-state index is 12.6. The van der Waals surface area contributed by atoms with Gasteiger partial charge in [-0.2, -0.15) is 11.3 Å². The minimum Gasteiger partial charge on any atom is -0.375 e. The molecule has 1 amide bonds. The van der Waals surface area contributed by atoms with Crippen molar-refractivity contribution in [3.63, 3.8) is 0 Å². The number of rotatable bonds is 5. The molecule has 4 nitrogen and oxygen atoms in total. The monoisotopic (exact) mass is 398 g/mol. The van der Waals surface area contributed by atoms with Gasteiger partial charge in [-0.15, -0.1) is 0 Å². The normalized spacial score (nSPS) is 21.9. The summed E-state index contributed by atoms with van der Waals surface area (Å²) < 4.78 is 6.31. The van der Waals surface area contributed by atoms with Gasteiger partial charge in [-0.05, 0) is 60.7 Å². The fraction of sp³-hybridized carbons (Fsp3) is 0.522. The molecule has 0 radical (unpaired) electrons. The first-order chi connectivity index (χ1) is 13.6. The third kappa shape index (κ3) is 4.65. The molecule has 2 aromatic rings. The van der Waals surface area contributed by atoms with E-state index in [1.54, 1.807) is 11.3 Å². The smallest absolute Gasteiger partial charge is 0.227 e. The highest BCUT2D eigenvalue weighted by Gasteiger charge is 2.42. The van der Waals surface area contributed by atoms with Crippen molar-refractivity contribution in [2.45, 2.75) is 50.3 Å². The molecule has 150 valence electrons. The predicted octanol–water partition coefficient (Wildman–Crippen LogP) is 3.96. The lowest BCUT2D eigenvalue weighted by atomic mass is 9.81. The quantitative estimate of drug-likeness (QED) is 0.764. The zero-order valence-electron chi connectivity index (χ0n) is 16.7.